The molecule has 2 aromatic rings. The maximum absolute atomic E-state index is 11.9. The minimum Gasteiger partial charge on any atom is -0.497 e. The molecule has 0 aliphatic rings. The Bertz CT molecular complexity index is 658. The summed E-state index contributed by atoms with van der Waals surface area (Å²) in [5, 5.41) is 7.11. The number of carbonyl (C=O) groups is 1. The average Bonchev–Trinajstić information content (AvgIpc) is 2.97. The minimum atomic E-state index is -0.106. The number of hydrogen-bond acceptors (Lipinski definition) is 5. The third-order valence-corrected chi connectivity index (χ3v) is 3.54. The van der Waals surface area contributed by atoms with E-state index < -0.39 is 0 Å². The summed E-state index contributed by atoms with van der Waals surface area (Å²) in [6.07, 6.45) is 3.35. The van der Waals surface area contributed by atoms with Crippen molar-refractivity contribution in [1.29, 1.82) is 0 Å². The van der Waals surface area contributed by atoms with Crippen LogP contribution in [0.1, 0.15) is 37.9 Å². The van der Waals surface area contributed by atoms with Crippen LogP contribution in [0.25, 0.3) is 0 Å². The van der Waals surface area contributed by atoms with E-state index in [-0.39, 0.29) is 5.91 Å². The number of ether oxygens (including phenoxy) is 1. The molecule has 6 nitrogen and oxygen atoms in total. The zero-order valence-corrected chi connectivity index (χ0v) is 14.0. The fourth-order valence-corrected chi connectivity index (χ4v) is 2.27. The number of amides is 1. The summed E-state index contributed by atoms with van der Waals surface area (Å²) >= 11 is 6.09. The van der Waals surface area contributed by atoms with Gasteiger partial charge in [-0.05, 0) is 25.0 Å². The van der Waals surface area contributed by atoms with Gasteiger partial charge in [-0.25, -0.2) is 0 Å². The van der Waals surface area contributed by atoms with E-state index in [2.05, 4.69) is 22.4 Å². The molecule has 1 amide bonds. The molecule has 0 unspecified atom stereocenters. The first-order valence-corrected chi connectivity index (χ1v) is 7.95. The maximum Gasteiger partial charge on any atom is 0.226 e. The highest BCUT2D eigenvalue weighted by atomic mass is 35.5. The summed E-state index contributed by atoms with van der Waals surface area (Å²) < 4.78 is 10.2. The molecule has 0 saturated heterocycles. The highest BCUT2D eigenvalue weighted by Crippen LogP contribution is 2.26. The third kappa shape index (κ3) is 5.25. The lowest BCUT2D eigenvalue weighted by molar-refractivity contribution is -0.116. The Morgan fingerprint density at radius 3 is 2.91 bits per heavy atom. The van der Waals surface area contributed by atoms with Crippen molar-refractivity contribution in [3.8, 4) is 5.75 Å². The van der Waals surface area contributed by atoms with Crippen molar-refractivity contribution < 1.29 is 14.1 Å². The number of methoxy groups -OCH3 is 1. The molecule has 1 aromatic heterocycles. The van der Waals surface area contributed by atoms with Gasteiger partial charge in [0.1, 0.15) is 5.75 Å². The molecule has 2 rings (SSSR count). The largest absolute Gasteiger partial charge is 0.497 e. The minimum absolute atomic E-state index is 0.106. The molecule has 0 radical (unpaired) electrons. The molecule has 0 spiro atoms. The molecule has 1 heterocycles. The number of halogens is 1. The van der Waals surface area contributed by atoms with Crippen molar-refractivity contribution in [2.24, 2.45) is 0 Å². The van der Waals surface area contributed by atoms with Crippen LogP contribution in [-0.4, -0.2) is 23.2 Å². The fraction of sp³-hybridized carbons (Fsp3) is 0.438. The number of aryl methyl sites for hydroxylation is 2. The normalized spacial score (nSPS) is 10.6. The molecule has 0 aliphatic heterocycles. The first-order valence-electron chi connectivity index (χ1n) is 7.57. The molecule has 1 N–H and O–H groups in total. The van der Waals surface area contributed by atoms with Gasteiger partial charge in [0.15, 0.2) is 5.82 Å². The van der Waals surface area contributed by atoms with Crippen LogP contribution in [0.5, 0.6) is 5.75 Å². The number of nitrogens with one attached hydrogen (secondary N) is 1. The Morgan fingerprint density at radius 2 is 2.22 bits per heavy atom. The van der Waals surface area contributed by atoms with E-state index in [1.807, 2.05) is 0 Å². The third-order valence-electron chi connectivity index (χ3n) is 3.23. The molecule has 23 heavy (non-hydrogen) atoms. The zero-order chi connectivity index (χ0) is 16.7. The number of carbonyl (C=O) groups excluding carboxylic acids is 1. The van der Waals surface area contributed by atoms with E-state index in [1.165, 1.54) is 0 Å². The Balaban J connectivity index is 1.78. The van der Waals surface area contributed by atoms with Crippen LogP contribution in [0.3, 0.4) is 0 Å². The lowest BCUT2D eigenvalue weighted by atomic mass is 10.2. The molecule has 1 aromatic carbocycles. The standard InChI is InChI=1S/C16H20ClN3O3/c1-3-5-14-19-16(23-20-14)7-4-6-15(21)18-13-9-8-11(22-2)10-12(13)17/h8-10H,3-7H2,1-2H3,(H,18,21). The highest BCUT2D eigenvalue weighted by molar-refractivity contribution is 6.33. The van der Waals surface area contributed by atoms with Crippen LogP contribution in [0.2, 0.25) is 5.02 Å². The lowest BCUT2D eigenvalue weighted by Gasteiger charge is -2.08. The molecule has 0 bridgehead atoms. The molecular weight excluding hydrogens is 318 g/mol. The number of rotatable bonds is 8. The van der Waals surface area contributed by atoms with Gasteiger partial charge in [-0.15, -0.1) is 0 Å². The number of nitrogens with zero attached hydrogens (tertiary/aromatic N) is 2. The second-order valence-corrected chi connectivity index (χ2v) is 5.51. The van der Waals surface area contributed by atoms with Crippen molar-refractivity contribution in [3.63, 3.8) is 0 Å². The van der Waals surface area contributed by atoms with Gasteiger partial charge in [-0.3, -0.25) is 4.79 Å². The Hall–Kier alpha value is -2.08. The van der Waals surface area contributed by atoms with E-state index in [4.69, 9.17) is 20.9 Å². The fourth-order valence-electron chi connectivity index (χ4n) is 2.05. The van der Waals surface area contributed by atoms with Gasteiger partial charge in [0.2, 0.25) is 11.8 Å². The topological polar surface area (TPSA) is 77.2 Å². The Labute approximate surface area is 140 Å². The van der Waals surface area contributed by atoms with Crippen LogP contribution < -0.4 is 10.1 Å². The van der Waals surface area contributed by atoms with Crippen molar-refractivity contribution in [2.45, 2.75) is 39.0 Å². The average molecular weight is 338 g/mol. The van der Waals surface area contributed by atoms with Crippen LogP contribution in [0.4, 0.5) is 5.69 Å². The zero-order valence-electron chi connectivity index (χ0n) is 13.3. The van der Waals surface area contributed by atoms with Crippen molar-refractivity contribution in [3.05, 3.63) is 34.9 Å². The van der Waals surface area contributed by atoms with Crippen molar-refractivity contribution >= 4 is 23.2 Å². The smallest absolute Gasteiger partial charge is 0.226 e. The molecule has 0 aliphatic carbocycles. The predicted octanol–water partition coefficient (Wildman–Crippen LogP) is 3.65. The first-order chi connectivity index (χ1) is 11.1. The first kappa shape index (κ1) is 17.3. The summed E-state index contributed by atoms with van der Waals surface area (Å²) in [4.78, 5) is 16.2. The van der Waals surface area contributed by atoms with E-state index >= 15 is 0 Å². The van der Waals surface area contributed by atoms with Crippen LogP contribution in [0, 0.1) is 0 Å². The van der Waals surface area contributed by atoms with Gasteiger partial charge in [-0.2, -0.15) is 4.98 Å². The quantitative estimate of drug-likeness (QED) is 0.795. The highest BCUT2D eigenvalue weighted by Gasteiger charge is 2.09. The van der Waals surface area contributed by atoms with Crippen LogP contribution >= 0.6 is 11.6 Å². The summed E-state index contributed by atoms with van der Waals surface area (Å²) in [5.74, 6) is 1.83. The Morgan fingerprint density at radius 1 is 1.39 bits per heavy atom. The monoisotopic (exact) mass is 337 g/mol. The summed E-state index contributed by atoms with van der Waals surface area (Å²) in [5.41, 5.74) is 0.570. The molecule has 7 heteroatoms. The molecular formula is C16H20ClN3O3. The SMILES string of the molecule is CCCc1noc(CCCC(=O)Nc2ccc(OC)cc2Cl)n1. The van der Waals surface area contributed by atoms with Crippen molar-refractivity contribution in [2.75, 3.05) is 12.4 Å². The number of aromatic nitrogens is 2. The van der Waals surface area contributed by atoms with Crippen molar-refractivity contribution in [1.82, 2.24) is 10.1 Å². The lowest BCUT2D eigenvalue weighted by Crippen LogP contribution is -2.12. The van der Waals surface area contributed by atoms with Gasteiger partial charge in [0.05, 0.1) is 17.8 Å². The predicted molar refractivity (Wildman–Crippen MR) is 87.9 cm³/mol. The van der Waals surface area contributed by atoms with Gasteiger partial charge < -0.3 is 14.6 Å². The van der Waals surface area contributed by atoms with E-state index in [0.29, 0.717) is 41.6 Å². The number of hydrogen-bond donors (Lipinski definition) is 1. The van der Waals surface area contributed by atoms with E-state index in [1.54, 1.807) is 25.3 Å². The number of anilines is 1. The molecule has 124 valence electrons. The molecule has 0 saturated carbocycles. The second-order valence-electron chi connectivity index (χ2n) is 5.10. The van der Waals surface area contributed by atoms with Gasteiger partial charge in [0.25, 0.3) is 0 Å². The van der Waals surface area contributed by atoms with Crippen LogP contribution in [-0.2, 0) is 17.6 Å². The summed E-state index contributed by atoms with van der Waals surface area (Å²) in [6.45, 7) is 2.06. The van der Waals surface area contributed by atoms with E-state index in [9.17, 15) is 4.79 Å². The molecule has 0 atom stereocenters. The van der Waals surface area contributed by atoms with Gasteiger partial charge >= 0.3 is 0 Å². The summed E-state index contributed by atoms with van der Waals surface area (Å²) in [7, 11) is 1.56. The molecule has 0 fully saturated rings. The summed E-state index contributed by atoms with van der Waals surface area (Å²) in [6, 6.07) is 5.12. The van der Waals surface area contributed by atoms with Gasteiger partial charge in [0, 0.05) is 25.3 Å². The Kier molecular flexibility index (Phi) is 6.40. The maximum atomic E-state index is 11.9. The van der Waals surface area contributed by atoms with E-state index in [0.717, 1.165) is 18.7 Å². The van der Waals surface area contributed by atoms with Crippen LogP contribution in [0.15, 0.2) is 22.7 Å². The second kappa shape index (κ2) is 8.53. The van der Waals surface area contributed by atoms with Gasteiger partial charge in [-0.1, -0.05) is 23.7 Å². The number of benzene rings is 1.